The summed E-state index contributed by atoms with van der Waals surface area (Å²) in [5, 5.41) is 8.74. The molecule has 2 N–H and O–H groups in total. The van der Waals surface area contributed by atoms with E-state index in [0.717, 1.165) is 0 Å². The van der Waals surface area contributed by atoms with Gasteiger partial charge in [-0.2, -0.15) is 4.72 Å². The number of aliphatic carboxylic acids is 1. The van der Waals surface area contributed by atoms with E-state index in [1.807, 2.05) is 4.72 Å². The number of sulfonamides is 1. The van der Waals surface area contributed by atoms with Gasteiger partial charge in [0.2, 0.25) is 10.0 Å². The summed E-state index contributed by atoms with van der Waals surface area (Å²) in [6.07, 6.45) is 0. The van der Waals surface area contributed by atoms with Gasteiger partial charge in [-0.3, -0.25) is 4.79 Å². The van der Waals surface area contributed by atoms with Crippen molar-refractivity contribution in [3.8, 4) is 11.5 Å². The number of nitrogens with one attached hydrogen (secondary N) is 1. The number of carboxylic acids is 1. The van der Waals surface area contributed by atoms with Gasteiger partial charge in [0.1, 0.15) is 22.4 Å². The number of hydrogen-bond acceptors (Lipinski definition) is 5. The maximum absolute atomic E-state index is 12.1. The minimum Gasteiger partial charge on any atom is -0.497 e. The fraction of sp³-hybridized carbons (Fsp3) is 0.364. The summed E-state index contributed by atoms with van der Waals surface area (Å²) >= 11 is 0. The summed E-state index contributed by atoms with van der Waals surface area (Å²) < 4.78 is 36.1. The van der Waals surface area contributed by atoms with Crippen LogP contribution in [0.5, 0.6) is 11.5 Å². The van der Waals surface area contributed by atoms with Crippen molar-refractivity contribution in [2.75, 3.05) is 14.2 Å². The van der Waals surface area contributed by atoms with Crippen molar-refractivity contribution in [2.45, 2.75) is 17.9 Å². The Labute approximate surface area is 111 Å². The number of ether oxygens (including phenoxy) is 2. The second kappa shape index (κ2) is 5.89. The molecule has 0 radical (unpaired) electrons. The van der Waals surface area contributed by atoms with Crippen LogP contribution in [0.15, 0.2) is 23.1 Å². The standard InChI is InChI=1S/C11H15NO6S/c1-7(11(13)14)12-19(15,16)10-6-8(17-2)4-5-9(10)18-3/h4-7,12H,1-3H3,(H,13,14). The Morgan fingerprint density at radius 2 is 1.95 bits per heavy atom. The number of rotatable bonds is 6. The molecule has 0 aliphatic heterocycles. The van der Waals surface area contributed by atoms with E-state index in [-0.39, 0.29) is 10.6 Å². The Bertz CT molecular complexity index is 569. The fourth-order valence-electron chi connectivity index (χ4n) is 1.34. The molecular weight excluding hydrogens is 274 g/mol. The second-order valence-corrected chi connectivity index (χ2v) is 5.38. The summed E-state index contributed by atoms with van der Waals surface area (Å²) in [6.45, 7) is 1.23. The fourth-order valence-corrected chi connectivity index (χ4v) is 2.72. The zero-order valence-electron chi connectivity index (χ0n) is 10.7. The van der Waals surface area contributed by atoms with Crippen molar-refractivity contribution in [1.29, 1.82) is 0 Å². The lowest BCUT2D eigenvalue weighted by Crippen LogP contribution is -2.38. The first-order valence-electron chi connectivity index (χ1n) is 5.29. The van der Waals surface area contributed by atoms with Crippen LogP contribution in [0, 0.1) is 0 Å². The summed E-state index contributed by atoms with van der Waals surface area (Å²) in [4.78, 5) is 10.5. The molecule has 1 aromatic rings. The van der Waals surface area contributed by atoms with Crippen LogP contribution in [0.4, 0.5) is 0 Å². The molecule has 0 saturated heterocycles. The number of carbonyl (C=O) groups is 1. The lowest BCUT2D eigenvalue weighted by Gasteiger charge is -2.14. The van der Waals surface area contributed by atoms with E-state index in [1.165, 1.54) is 33.3 Å². The van der Waals surface area contributed by atoms with Crippen molar-refractivity contribution in [3.05, 3.63) is 18.2 Å². The molecule has 0 heterocycles. The minimum atomic E-state index is -4.02. The van der Waals surface area contributed by atoms with Gasteiger partial charge in [0.15, 0.2) is 0 Å². The molecule has 7 nitrogen and oxygen atoms in total. The highest BCUT2D eigenvalue weighted by Gasteiger charge is 2.25. The molecule has 1 rings (SSSR count). The zero-order valence-corrected chi connectivity index (χ0v) is 11.5. The molecular formula is C11H15NO6S. The Morgan fingerprint density at radius 3 is 2.42 bits per heavy atom. The average molecular weight is 289 g/mol. The summed E-state index contributed by atoms with van der Waals surface area (Å²) in [5.74, 6) is -0.847. The molecule has 1 aromatic carbocycles. The van der Waals surface area contributed by atoms with Crippen LogP contribution < -0.4 is 14.2 Å². The van der Waals surface area contributed by atoms with Gasteiger partial charge >= 0.3 is 5.97 Å². The van der Waals surface area contributed by atoms with E-state index in [1.54, 1.807) is 6.07 Å². The van der Waals surface area contributed by atoms with Gasteiger partial charge < -0.3 is 14.6 Å². The van der Waals surface area contributed by atoms with E-state index < -0.39 is 22.0 Å². The lowest BCUT2D eigenvalue weighted by molar-refractivity contribution is -0.138. The second-order valence-electron chi connectivity index (χ2n) is 3.70. The van der Waals surface area contributed by atoms with Crippen LogP contribution in [0.25, 0.3) is 0 Å². The Kier molecular flexibility index (Phi) is 4.73. The zero-order chi connectivity index (χ0) is 14.6. The molecule has 106 valence electrons. The van der Waals surface area contributed by atoms with Crippen LogP contribution in [-0.2, 0) is 14.8 Å². The molecule has 0 fully saturated rings. The van der Waals surface area contributed by atoms with Crippen molar-refractivity contribution in [3.63, 3.8) is 0 Å². The van der Waals surface area contributed by atoms with Gasteiger partial charge in [-0.25, -0.2) is 8.42 Å². The smallest absolute Gasteiger partial charge is 0.321 e. The monoisotopic (exact) mass is 289 g/mol. The Balaban J connectivity index is 3.22. The van der Waals surface area contributed by atoms with E-state index >= 15 is 0 Å². The van der Waals surface area contributed by atoms with Crippen LogP contribution in [0.1, 0.15) is 6.92 Å². The number of hydrogen-bond donors (Lipinski definition) is 2. The summed E-state index contributed by atoms with van der Waals surface area (Å²) in [7, 11) is -1.30. The molecule has 0 aliphatic carbocycles. The molecule has 0 bridgehead atoms. The highest BCUT2D eigenvalue weighted by atomic mass is 32.2. The average Bonchev–Trinajstić information content (AvgIpc) is 2.37. The minimum absolute atomic E-state index is 0.103. The molecule has 8 heteroatoms. The molecule has 1 unspecified atom stereocenters. The van der Waals surface area contributed by atoms with E-state index in [9.17, 15) is 13.2 Å². The molecule has 1 atom stereocenters. The molecule has 0 aromatic heterocycles. The van der Waals surface area contributed by atoms with Crippen molar-refractivity contribution in [1.82, 2.24) is 4.72 Å². The predicted octanol–water partition coefficient (Wildman–Crippen LogP) is 0.455. The van der Waals surface area contributed by atoms with E-state index in [2.05, 4.69) is 0 Å². The molecule has 0 spiro atoms. The topological polar surface area (TPSA) is 102 Å². The maximum atomic E-state index is 12.1. The molecule has 0 aliphatic rings. The van der Waals surface area contributed by atoms with Gasteiger partial charge in [-0.15, -0.1) is 0 Å². The van der Waals surface area contributed by atoms with Gasteiger partial charge in [-0.1, -0.05) is 0 Å². The first-order valence-corrected chi connectivity index (χ1v) is 6.77. The van der Waals surface area contributed by atoms with Crippen molar-refractivity contribution in [2.24, 2.45) is 0 Å². The number of methoxy groups -OCH3 is 2. The van der Waals surface area contributed by atoms with E-state index in [4.69, 9.17) is 14.6 Å². The van der Waals surface area contributed by atoms with Gasteiger partial charge in [0.05, 0.1) is 14.2 Å². The largest absolute Gasteiger partial charge is 0.497 e. The van der Waals surface area contributed by atoms with Crippen molar-refractivity contribution >= 4 is 16.0 Å². The van der Waals surface area contributed by atoms with Gasteiger partial charge in [0.25, 0.3) is 0 Å². The molecule has 0 amide bonds. The first-order chi connectivity index (χ1) is 8.81. The third-order valence-corrected chi connectivity index (χ3v) is 3.92. The van der Waals surface area contributed by atoms with E-state index in [0.29, 0.717) is 5.75 Å². The SMILES string of the molecule is COc1ccc(OC)c(S(=O)(=O)NC(C)C(=O)O)c1. The quantitative estimate of drug-likeness (QED) is 0.788. The van der Waals surface area contributed by atoms with Crippen LogP contribution >= 0.6 is 0 Å². The lowest BCUT2D eigenvalue weighted by atomic mass is 10.3. The predicted molar refractivity (Wildman–Crippen MR) is 67.0 cm³/mol. The third-order valence-electron chi connectivity index (χ3n) is 2.36. The maximum Gasteiger partial charge on any atom is 0.321 e. The first kappa shape index (κ1) is 15.3. The number of benzene rings is 1. The molecule has 0 saturated carbocycles. The Morgan fingerprint density at radius 1 is 1.32 bits per heavy atom. The van der Waals surface area contributed by atoms with Gasteiger partial charge in [0, 0.05) is 6.07 Å². The van der Waals surface area contributed by atoms with Crippen LogP contribution in [0.2, 0.25) is 0 Å². The summed E-state index contributed by atoms with van der Waals surface area (Å²) in [5.41, 5.74) is 0. The Hall–Kier alpha value is -1.80. The molecule has 19 heavy (non-hydrogen) atoms. The highest BCUT2D eigenvalue weighted by Crippen LogP contribution is 2.28. The van der Waals surface area contributed by atoms with Crippen LogP contribution in [-0.4, -0.2) is 39.8 Å². The summed E-state index contributed by atoms with van der Waals surface area (Å²) in [6, 6.07) is 2.98. The van der Waals surface area contributed by atoms with Crippen LogP contribution in [0.3, 0.4) is 0 Å². The number of carboxylic acid groups (broad SMARTS) is 1. The van der Waals surface area contributed by atoms with Gasteiger partial charge in [-0.05, 0) is 19.1 Å². The normalized spacial score (nSPS) is 12.8. The third kappa shape index (κ3) is 3.58. The van der Waals surface area contributed by atoms with Crippen molar-refractivity contribution < 1.29 is 27.8 Å². The highest BCUT2D eigenvalue weighted by molar-refractivity contribution is 7.89.